The van der Waals surface area contributed by atoms with Crippen molar-refractivity contribution in [1.29, 1.82) is 0 Å². The van der Waals surface area contributed by atoms with E-state index in [1.807, 2.05) is 0 Å². The lowest BCUT2D eigenvalue weighted by Gasteiger charge is -2.09. The van der Waals surface area contributed by atoms with Crippen LogP contribution in [0.4, 0.5) is 10.5 Å². The van der Waals surface area contributed by atoms with E-state index in [9.17, 15) is 18.0 Å². The van der Waals surface area contributed by atoms with Crippen LogP contribution in [-0.4, -0.2) is 25.3 Å². The zero-order valence-electron chi connectivity index (χ0n) is 14.0. The highest BCUT2D eigenvalue weighted by Gasteiger charge is 2.14. The van der Waals surface area contributed by atoms with Gasteiger partial charge in [0, 0.05) is 6.54 Å². The van der Waals surface area contributed by atoms with E-state index in [4.69, 9.17) is 39.9 Å². The lowest BCUT2D eigenvalue weighted by atomic mass is 10.2. The molecule has 0 radical (unpaired) electrons. The fourth-order valence-electron chi connectivity index (χ4n) is 1.99. The number of primary sulfonamides is 1. The monoisotopic (exact) mass is 481 g/mol. The SMILES string of the molecule is NS(=O)(=O)c1ccc(NC(=O)CSC(=O)NCc2cccc(Cl)c2Cl)c(Cl)c1. The molecular weight excluding hydrogens is 469 g/mol. The van der Waals surface area contributed by atoms with Gasteiger partial charge < -0.3 is 10.6 Å². The molecule has 0 atom stereocenters. The van der Waals surface area contributed by atoms with Gasteiger partial charge in [-0.2, -0.15) is 0 Å². The normalized spacial score (nSPS) is 11.1. The number of benzene rings is 2. The molecule has 0 aromatic heterocycles. The fourth-order valence-corrected chi connectivity index (χ4v) is 3.72. The summed E-state index contributed by atoms with van der Waals surface area (Å²) in [4.78, 5) is 23.7. The lowest BCUT2D eigenvalue weighted by molar-refractivity contribution is -0.113. The molecule has 4 N–H and O–H groups in total. The third-order valence-corrected chi connectivity index (χ3v) is 6.23. The maximum Gasteiger partial charge on any atom is 0.279 e. The van der Waals surface area contributed by atoms with Gasteiger partial charge in [-0.05, 0) is 29.8 Å². The number of sulfonamides is 1. The van der Waals surface area contributed by atoms with Crippen molar-refractivity contribution >= 4 is 73.4 Å². The molecule has 0 spiro atoms. The highest BCUT2D eigenvalue weighted by atomic mass is 35.5. The standard InChI is InChI=1S/C16H14Cl3N3O4S2/c17-11-3-1-2-9(15(11)19)7-21-16(24)27-8-14(23)22-13-5-4-10(6-12(13)18)28(20,25)26/h1-6H,7-8H2,(H,21,24)(H,22,23)(H2,20,25,26). The molecule has 0 bridgehead atoms. The van der Waals surface area contributed by atoms with Crippen molar-refractivity contribution < 1.29 is 18.0 Å². The summed E-state index contributed by atoms with van der Waals surface area (Å²) in [5.74, 6) is -0.672. The number of hydrogen-bond acceptors (Lipinski definition) is 5. The number of anilines is 1. The Labute approximate surface area is 181 Å². The quantitative estimate of drug-likeness (QED) is 0.577. The molecule has 0 heterocycles. The molecule has 0 unspecified atom stereocenters. The summed E-state index contributed by atoms with van der Waals surface area (Å²) in [6.45, 7) is 0.160. The molecule has 2 rings (SSSR count). The predicted octanol–water partition coefficient (Wildman–Crippen LogP) is 3.88. The molecular formula is C16H14Cl3N3O4S2. The van der Waals surface area contributed by atoms with Crippen LogP contribution >= 0.6 is 46.6 Å². The Morgan fingerprint density at radius 1 is 1.07 bits per heavy atom. The number of carbonyl (C=O) groups is 2. The number of halogens is 3. The van der Waals surface area contributed by atoms with Gasteiger partial charge in [0.15, 0.2) is 0 Å². The summed E-state index contributed by atoms with van der Waals surface area (Å²) in [6, 6.07) is 8.72. The Bertz CT molecular complexity index is 1020. The van der Waals surface area contributed by atoms with Gasteiger partial charge in [-0.3, -0.25) is 9.59 Å². The lowest BCUT2D eigenvalue weighted by Crippen LogP contribution is -2.22. The Balaban J connectivity index is 1.85. The minimum atomic E-state index is -3.90. The van der Waals surface area contributed by atoms with Crippen LogP contribution < -0.4 is 15.8 Å². The van der Waals surface area contributed by atoms with Crippen molar-refractivity contribution in [3.05, 3.63) is 57.0 Å². The summed E-state index contributed by atoms with van der Waals surface area (Å²) in [6.07, 6.45) is 0. The largest absolute Gasteiger partial charge is 0.343 e. The second kappa shape index (κ2) is 9.82. The van der Waals surface area contributed by atoms with E-state index in [2.05, 4.69) is 10.6 Å². The van der Waals surface area contributed by atoms with E-state index < -0.39 is 21.2 Å². The number of nitrogens with two attached hydrogens (primary N) is 1. The summed E-state index contributed by atoms with van der Waals surface area (Å²) in [5.41, 5.74) is 0.847. The molecule has 0 aliphatic heterocycles. The van der Waals surface area contributed by atoms with Crippen molar-refractivity contribution in [3.8, 4) is 0 Å². The summed E-state index contributed by atoms with van der Waals surface area (Å²) in [7, 11) is -3.90. The van der Waals surface area contributed by atoms with Gasteiger partial charge in [0.2, 0.25) is 15.9 Å². The Kier molecular flexibility index (Phi) is 7.99. The van der Waals surface area contributed by atoms with Crippen LogP contribution in [0.25, 0.3) is 0 Å². The van der Waals surface area contributed by atoms with Crippen LogP contribution in [0.15, 0.2) is 41.3 Å². The molecule has 7 nitrogen and oxygen atoms in total. The Morgan fingerprint density at radius 3 is 2.43 bits per heavy atom. The maximum atomic E-state index is 12.0. The van der Waals surface area contributed by atoms with Crippen molar-refractivity contribution in [2.24, 2.45) is 5.14 Å². The number of nitrogens with one attached hydrogen (secondary N) is 2. The van der Waals surface area contributed by atoms with Gasteiger partial charge >= 0.3 is 0 Å². The molecule has 28 heavy (non-hydrogen) atoms. The van der Waals surface area contributed by atoms with E-state index in [0.717, 1.165) is 17.8 Å². The third-order valence-electron chi connectivity index (χ3n) is 3.33. The molecule has 0 saturated carbocycles. The topological polar surface area (TPSA) is 118 Å². The number of thioether (sulfide) groups is 1. The van der Waals surface area contributed by atoms with E-state index >= 15 is 0 Å². The fraction of sp³-hybridized carbons (Fsp3) is 0.125. The number of carbonyl (C=O) groups excluding carboxylic acids is 2. The van der Waals surface area contributed by atoms with Crippen LogP contribution in [-0.2, 0) is 21.4 Å². The van der Waals surface area contributed by atoms with Crippen molar-refractivity contribution in [2.45, 2.75) is 11.4 Å². The van der Waals surface area contributed by atoms with Crippen LogP contribution in [0.3, 0.4) is 0 Å². The third kappa shape index (κ3) is 6.54. The van der Waals surface area contributed by atoms with Crippen molar-refractivity contribution in [1.82, 2.24) is 5.32 Å². The van der Waals surface area contributed by atoms with E-state index in [1.54, 1.807) is 18.2 Å². The molecule has 2 aromatic rings. The molecule has 2 amide bonds. The highest BCUT2D eigenvalue weighted by Crippen LogP contribution is 2.26. The molecule has 0 fully saturated rings. The molecule has 0 aliphatic rings. The number of hydrogen-bond donors (Lipinski definition) is 3. The second-order valence-electron chi connectivity index (χ2n) is 5.38. The number of amides is 2. The minimum absolute atomic E-state index is 0.00456. The smallest absolute Gasteiger partial charge is 0.279 e. The van der Waals surface area contributed by atoms with E-state index in [1.165, 1.54) is 12.1 Å². The molecule has 12 heteroatoms. The summed E-state index contributed by atoms with van der Waals surface area (Å²) >= 11 is 18.6. The van der Waals surface area contributed by atoms with Crippen LogP contribution in [0.2, 0.25) is 15.1 Å². The van der Waals surface area contributed by atoms with Gasteiger partial charge in [0.25, 0.3) is 5.24 Å². The van der Waals surface area contributed by atoms with Crippen LogP contribution in [0.1, 0.15) is 5.56 Å². The minimum Gasteiger partial charge on any atom is -0.343 e. The highest BCUT2D eigenvalue weighted by molar-refractivity contribution is 8.14. The summed E-state index contributed by atoms with van der Waals surface area (Å²) < 4.78 is 22.5. The maximum absolute atomic E-state index is 12.0. The van der Waals surface area contributed by atoms with Gasteiger partial charge in [-0.25, -0.2) is 13.6 Å². The molecule has 2 aromatic carbocycles. The summed E-state index contributed by atoms with van der Waals surface area (Å²) in [5, 5.41) is 10.4. The zero-order chi connectivity index (χ0) is 20.9. The van der Waals surface area contributed by atoms with E-state index in [-0.39, 0.29) is 27.9 Å². The predicted molar refractivity (Wildman–Crippen MR) is 113 cm³/mol. The second-order valence-corrected chi connectivity index (χ2v) is 9.08. The molecule has 0 aliphatic carbocycles. The van der Waals surface area contributed by atoms with Crippen LogP contribution in [0.5, 0.6) is 0 Å². The molecule has 0 saturated heterocycles. The Morgan fingerprint density at radius 2 is 1.79 bits per heavy atom. The first-order chi connectivity index (χ1) is 13.1. The average Bonchev–Trinajstić information content (AvgIpc) is 2.62. The molecule has 150 valence electrons. The Hall–Kier alpha value is -1.49. The average molecular weight is 483 g/mol. The van der Waals surface area contributed by atoms with Gasteiger partial charge in [0.05, 0.1) is 31.4 Å². The van der Waals surface area contributed by atoms with Crippen LogP contribution in [0, 0.1) is 0 Å². The van der Waals surface area contributed by atoms with Crippen molar-refractivity contribution in [2.75, 3.05) is 11.1 Å². The first-order valence-corrected chi connectivity index (χ1v) is 11.2. The van der Waals surface area contributed by atoms with E-state index in [0.29, 0.717) is 15.6 Å². The van der Waals surface area contributed by atoms with Gasteiger partial charge in [-0.1, -0.05) is 58.7 Å². The first-order valence-electron chi connectivity index (χ1n) is 7.53. The first kappa shape index (κ1) is 22.8. The number of rotatable bonds is 6. The van der Waals surface area contributed by atoms with Gasteiger partial charge in [0.1, 0.15) is 0 Å². The van der Waals surface area contributed by atoms with Crippen molar-refractivity contribution in [3.63, 3.8) is 0 Å². The zero-order valence-corrected chi connectivity index (χ0v) is 17.9. The van der Waals surface area contributed by atoms with Gasteiger partial charge in [-0.15, -0.1) is 0 Å².